The fourth-order valence-electron chi connectivity index (χ4n) is 3.41. The summed E-state index contributed by atoms with van der Waals surface area (Å²) in [6.07, 6.45) is 2.59. The standard InChI is InChI=1S/C17H22N2O3/c1-12-4-3-9-18(11-12)15-10-16(20)19(17(15)21)13-5-7-14(22-2)8-6-13/h5-8,12,15H,3-4,9-11H2,1-2H3/t12-,15+/m1/s1. The molecule has 2 aliphatic heterocycles. The van der Waals surface area contributed by atoms with E-state index in [-0.39, 0.29) is 24.3 Å². The van der Waals surface area contributed by atoms with E-state index < -0.39 is 0 Å². The molecule has 2 amide bonds. The number of hydrogen-bond acceptors (Lipinski definition) is 4. The molecule has 0 aliphatic carbocycles. The third-order valence-electron chi connectivity index (χ3n) is 4.58. The van der Waals surface area contributed by atoms with Crippen molar-refractivity contribution in [2.45, 2.75) is 32.2 Å². The van der Waals surface area contributed by atoms with E-state index in [1.165, 1.54) is 11.3 Å². The van der Waals surface area contributed by atoms with Crippen molar-refractivity contribution in [1.82, 2.24) is 4.90 Å². The smallest absolute Gasteiger partial charge is 0.251 e. The number of methoxy groups -OCH3 is 1. The van der Waals surface area contributed by atoms with E-state index in [1.807, 2.05) is 0 Å². The highest BCUT2D eigenvalue weighted by atomic mass is 16.5. The van der Waals surface area contributed by atoms with E-state index >= 15 is 0 Å². The molecule has 0 radical (unpaired) electrons. The van der Waals surface area contributed by atoms with Crippen molar-refractivity contribution < 1.29 is 14.3 Å². The van der Waals surface area contributed by atoms with Crippen molar-refractivity contribution in [2.24, 2.45) is 5.92 Å². The lowest BCUT2D eigenvalue weighted by Crippen LogP contribution is -2.46. The molecule has 22 heavy (non-hydrogen) atoms. The van der Waals surface area contributed by atoms with Gasteiger partial charge in [-0.05, 0) is 49.6 Å². The van der Waals surface area contributed by atoms with Crippen molar-refractivity contribution in [3.05, 3.63) is 24.3 Å². The number of ether oxygens (including phenoxy) is 1. The number of imide groups is 1. The molecule has 2 atom stereocenters. The van der Waals surface area contributed by atoms with E-state index in [0.717, 1.165) is 19.5 Å². The Morgan fingerprint density at radius 1 is 1.18 bits per heavy atom. The first-order chi connectivity index (χ1) is 10.6. The maximum atomic E-state index is 12.7. The molecule has 0 N–H and O–H groups in total. The Labute approximate surface area is 130 Å². The first kappa shape index (κ1) is 15.0. The maximum absolute atomic E-state index is 12.7. The molecule has 5 nitrogen and oxygen atoms in total. The molecule has 2 saturated heterocycles. The summed E-state index contributed by atoms with van der Waals surface area (Å²) >= 11 is 0. The molecule has 3 rings (SSSR count). The average molecular weight is 302 g/mol. The van der Waals surface area contributed by atoms with Gasteiger partial charge in [-0.3, -0.25) is 14.5 Å². The van der Waals surface area contributed by atoms with E-state index in [0.29, 0.717) is 17.4 Å². The van der Waals surface area contributed by atoms with Crippen LogP contribution in [0.5, 0.6) is 5.75 Å². The summed E-state index contributed by atoms with van der Waals surface area (Å²) in [6.45, 7) is 4.01. The third kappa shape index (κ3) is 2.73. The van der Waals surface area contributed by atoms with Crippen LogP contribution in [-0.4, -0.2) is 43.0 Å². The van der Waals surface area contributed by atoms with Gasteiger partial charge in [-0.1, -0.05) is 6.92 Å². The second-order valence-electron chi connectivity index (χ2n) is 6.23. The molecule has 5 heteroatoms. The van der Waals surface area contributed by atoms with Gasteiger partial charge in [0.2, 0.25) is 5.91 Å². The van der Waals surface area contributed by atoms with Crippen LogP contribution in [-0.2, 0) is 9.59 Å². The number of nitrogens with zero attached hydrogens (tertiary/aromatic N) is 2. The summed E-state index contributed by atoms with van der Waals surface area (Å²) < 4.78 is 5.12. The maximum Gasteiger partial charge on any atom is 0.251 e. The van der Waals surface area contributed by atoms with Gasteiger partial charge < -0.3 is 4.74 Å². The highest BCUT2D eigenvalue weighted by molar-refractivity contribution is 6.22. The lowest BCUT2D eigenvalue weighted by molar-refractivity contribution is -0.123. The Bertz CT molecular complexity index is 570. The number of rotatable bonds is 3. The second kappa shape index (κ2) is 6.08. The predicted octanol–water partition coefficient (Wildman–Crippen LogP) is 2.06. The number of likely N-dealkylation sites (tertiary alicyclic amines) is 1. The summed E-state index contributed by atoms with van der Waals surface area (Å²) in [4.78, 5) is 28.5. The molecule has 2 fully saturated rings. The molecule has 0 saturated carbocycles. The number of piperidine rings is 1. The molecule has 0 aromatic heterocycles. The molecule has 1 aromatic rings. The fraction of sp³-hybridized carbons (Fsp3) is 0.529. The highest BCUT2D eigenvalue weighted by Crippen LogP contribution is 2.29. The Morgan fingerprint density at radius 2 is 1.91 bits per heavy atom. The van der Waals surface area contributed by atoms with Gasteiger partial charge in [-0.25, -0.2) is 4.90 Å². The zero-order valence-corrected chi connectivity index (χ0v) is 13.1. The van der Waals surface area contributed by atoms with Crippen molar-refractivity contribution >= 4 is 17.5 Å². The van der Waals surface area contributed by atoms with Crippen molar-refractivity contribution in [2.75, 3.05) is 25.1 Å². The summed E-state index contributed by atoms with van der Waals surface area (Å²) in [5, 5.41) is 0. The number of benzene rings is 1. The first-order valence-corrected chi connectivity index (χ1v) is 7.85. The zero-order chi connectivity index (χ0) is 15.7. The summed E-state index contributed by atoms with van der Waals surface area (Å²) in [7, 11) is 1.59. The van der Waals surface area contributed by atoms with Crippen LogP contribution in [0.25, 0.3) is 0 Å². The summed E-state index contributed by atoms with van der Waals surface area (Å²) in [5.41, 5.74) is 0.628. The zero-order valence-electron chi connectivity index (χ0n) is 13.1. The van der Waals surface area contributed by atoms with Crippen LogP contribution >= 0.6 is 0 Å². The molecule has 0 bridgehead atoms. The molecule has 2 aliphatic rings. The Balaban J connectivity index is 1.78. The van der Waals surface area contributed by atoms with Gasteiger partial charge in [0.25, 0.3) is 5.91 Å². The minimum Gasteiger partial charge on any atom is -0.497 e. The average Bonchev–Trinajstić information content (AvgIpc) is 2.82. The third-order valence-corrected chi connectivity index (χ3v) is 4.58. The van der Waals surface area contributed by atoms with Gasteiger partial charge in [-0.2, -0.15) is 0 Å². The van der Waals surface area contributed by atoms with Crippen LogP contribution in [0.4, 0.5) is 5.69 Å². The van der Waals surface area contributed by atoms with Gasteiger partial charge in [-0.15, -0.1) is 0 Å². The van der Waals surface area contributed by atoms with Gasteiger partial charge in [0.15, 0.2) is 0 Å². The summed E-state index contributed by atoms with van der Waals surface area (Å²) in [6, 6.07) is 6.77. The predicted molar refractivity (Wildman–Crippen MR) is 83.9 cm³/mol. The second-order valence-corrected chi connectivity index (χ2v) is 6.23. The van der Waals surface area contributed by atoms with Gasteiger partial charge in [0.1, 0.15) is 5.75 Å². The number of amides is 2. The van der Waals surface area contributed by atoms with Gasteiger partial charge >= 0.3 is 0 Å². The minimum atomic E-state index is -0.294. The topological polar surface area (TPSA) is 49.9 Å². The Hall–Kier alpha value is -1.88. The molecule has 0 spiro atoms. The van der Waals surface area contributed by atoms with Crippen molar-refractivity contribution in [3.8, 4) is 5.75 Å². The van der Waals surface area contributed by atoms with Gasteiger partial charge in [0.05, 0.1) is 25.3 Å². The number of anilines is 1. The summed E-state index contributed by atoms with van der Waals surface area (Å²) in [5.74, 6) is 1.10. The van der Waals surface area contributed by atoms with E-state index in [9.17, 15) is 9.59 Å². The molecule has 0 unspecified atom stereocenters. The van der Waals surface area contributed by atoms with Crippen LogP contribution in [0.3, 0.4) is 0 Å². The number of carbonyl (C=O) groups is 2. The molecule has 2 heterocycles. The van der Waals surface area contributed by atoms with Gasteiger partial charge in [0, 0.05) is 6.54 Å². The van der Waals surface area contributed by atoms with Crippen LogP contribution in [0.2, 0.25) is 0 Å². The van der Waals surface area contributed by atoms with Crippen LogP contribution < -0.4 is 9.64 Å². The molecular formula is C17H22N2O3. The lowest BCUT2D eigenvalue weighted by Gasteiger charge is -2.34. The van der Waals surface area contributed by atoms with E-state index in [2.05, 4.69) is 11.8 Å². The molecular weight excluding hydrogens is 280 g/mol. The molecule has 1 aromatic carbocycles. The minimum absolute atomic E-state index is 0.0933. The number of hydrogen-bond donors (Lipinski definition) is 0. The quantitative estimate of drug-likeness (QED) is 0.802. The van der Waals surface area contributed by atoms with Crippen LogP contribution in [0.1, 0.15) is 26.2 Å². The van der Waals surface area contributed by atoms with Crippen molar-refractivity contribution in [3.63, 3.8) is 0 Å². The normalized spacial score (nSPS) is 26.5. The fourth-order valence-corrected chi connectivity index (χ4v) is 3.41. The Morgan fingerprint density at radius 3 is 2.55 bits per heavy atom. The largest absolute Gasteiger partial charge is 0.497 e. The highest BCUT2D eigenvalue weighted by Gasteiger charge is 2.43. The van der Waals surface area contributed by atoms with Crippen LogP contribution in [0, 0.1) is 5.92 Å². The van der Waals surface area contributed by atoms with E-state index in [4.69, 9.17) is 4.74 Å². The lowest BCUT2D eigenvalue weighted by atomic mass is 9.98. The SMILES string of the molecule is COc1ccc(N2C(=O)C[C@H](N3CCC[C@@H](C)C3)C2=O)cc1. The first-order valence-electron chi connectivity index (χ1n) is 7.85. The van der Waals surface area contributed by atoms with Crippen molar-refractivity contribution in [1.29, 1.82) is 0 Å². The van der Waals surface area contributed by atoms with Crippen LogP contribution in [0.15, 0.2) is 24.3 Å². The Kier molecular flexibility index (Phi) is 4.16. The monoisotopic (exact) mass is 302 g/mol. The molecule has 118 valence electrons. The van der Waals surface area contributed by atoms with E-state index in [1.54, 1.807) is 31.4 Å². The number of carbonyl (C=O) groups excluding carboxylic acids is 2.